The number of likely N-dealkylation sites (tertiary alicyclic amines) is 1. The maximum atomic E-state index is 13.1. The van der Waals surface area contributed by atoms with Crippen LogP contribution in [0.25, 0.3) is 10.9 Å². The zero-order valence-electron chi connectivity index (χ0n) is 15.1. The van der Waals surface area contributed by atoms with Crippen molar-refractivity contribution in [1.29, 1.82) is 0 Å². The van der Waals surface area contributed by atoms with E-state index in [0.717, 1.165) is 34.5 Å². The van der Waals surface area contributed by atoms with Gasteiger partial charge in [0.15, 0.2) is 5.43 Å². The molecule has 2 N–H and O–H groups in total. The summed E-state index contributed by atoms with van der Waals surface area (Å²) in [6.45, 7) is 8.86. The summed E-state index contributed by atoms with van der Waals surface area (Å²) in [6, 6.07) is 6.43. The van der Waals surface area contributed by atoms with E-state index in [1.807, 2.05) is 32.0 Å². The summed E-state index contributed by atoms with van der Waals surface area (Å²) >= 11 is 0. The van der Waals surface area contributed by atoms with E-state index >= 15 is 0 Å². The second-order valence-corrected chi connectivity index (χ2v) is 6.88. The quantitative estimate of drug-likeness (QED) is 0.886. The number of hydrogen-bond acceptors (Lipinski definition) is 2. The van der Waals surface area contributed by atoms with E-state index in [-0.39, 0.29) is 5.43 Å². The Labute approximate surface area is 143 Å². The van der Waals surface area contributed by atoms with E-state index in [0.29, 0.717) is 12.6 Å². The van der Waals surface area contributed by atoms with Gasteiger partial charge in [-0.1, -0.05) is 6.92 Å². The van der Waals surface area contributed by atoms with Gasteiger partial charge in [-0.05, 0) is 57.7 Å². The number of aryl methyl sites for hydroxylation is 1. The van der Waals surface area contributed by atoms with Crippen molar-refractivity contribution < 1.29 is 9.64 Å². The first-order valence-corrected chi connectivity index (χ1v) is 9.27. The Morgan fingerprint density at radius 3 is 2.88 bits per heavy atom. The SMILES string of the molecule is CCOc1ccc2[nH]c(C)c(C[NH+]3CCCC[C@H]3CC)c(=O)c2c1. The van der Waals surface area contributed by atoms with Crippen LogP contribution in [0.4, 0.5) is 0 Å². The third kappa shape index (κ3) is 3.34. The van der Waals surface area contributed by atoms with Gasteiger partial charge in [0.1, 0.15) is 12.3 Å². The molecule has 2 atom stereocenters. The molecule has 1 aromatic heterocycles. The first kappa shape index (κ1) is 17.0. The fraction of sp³-hybridized carbons (Fsp3) is 0.550. The lowest BCUT2D eigenvalue weighted by Gasteiger charge is -2.32. The molecule has 1 aromatic carbocycles. The van der Waals surface area contributed by atoms with Crippen LogP contribution in [0.2, 0.25) is 0 Å². The average Bonchev–Trinajstić information content (AvgIpc) is 2.60. The summed E-state index contributed by atoms with van der Waals surface area (Å²) in [6.07, 6.45) is 5.07. The molecule has 0 amide bonds. The second kappa shape index (κ2) is 7.39. The number of piperidine rings is 1. The van der Waals surface area contributed by atoms with Crippen LogP contribution in [0.5, 0.6) is 5.75 Å². The second-order valence-electron chi connectivity index (χ2n) is 6.88. The number of aromatic amines is 1. The Bertz CT molecular complexity index is 766. The highest BCUT2D eigenvalue weighted by atomic mass is 16.5. The van der Waals surface area contributed by atoms with Gasteiger partial charge in [-0.2, -0.15) is 0 Å². The number of fused-ring (bicyclic) bond motifs is 1. The predicted molar refractivity (Wildman–Crippen MR) is 97.9 cm³/mol. The highest BCUT2D eigenvalue weighted by Crippen LogP contribution is 2.18. The van der Waals surface area contributed by atoms with Gasteiger partial charge in [0.25, 0.3) is 0 Å². The minimum atomic E-state index is 0.163. The third-order valence-corrected chi connectivity index (χ3v) is 5.37. The number of pyridine rings is 1. The van der Waals surface area contributed by atoms with Gasteiger partial charge in [-0.15, -0.1) is 0 Å². The molecule has 4 nitrogen and oxygen atoms in total. The van der Waals surface area contributed by atoms with E-state index in [1.54, 1.807) is 4.90 Å². The summed E-state index contributed by atoms with van der Waals surface area (Å²) < 4.78 is 5.57. The zero-order chi connectivity index (χ0) is 17.1. The highest BCUT2D eigenvalue weighted by Gasteiger charge is 2.26. The maximum absolute atomic E-state index is 13.1. The summed E-state index contributed by atoms with van der Waals surface area (Å²) in [5, 5.41) is 0.742. The van der Waals surface area contributed by atoms with Crippen LogP contribution in [0.3, 0.4) is 0 Å². The van der Waals surface area contributed by atoms with Crippen LogP contribution in [-0.4, -0.2) is 24.2 Å². The van der Waals surface area contributed by atoms with Gasteiger partial charge in [0.05, 0.1) is 24.8 Å². The molecule has 24 heavy (non-hydrogen) atoms. The fourth-order valence-electron chi connectivity index (χ4n) is 4.00. The lowest BCUT2D eigenvalue weighted by molar-refractivity contribution is -0.944. The number of nitrogens with one attached hydrogen (secondary N) is 2. The molecule has 0 bridgehead atoms. The molecular weight excluding hydrogens is 300 g/mol. The van der Waals surface area contributed by atoms with Crippen LogP contribution in [0.1, 0.15) is 50.8 Å². The van der Waals surface area contributed by atoms with Crippen LogP contribution in [0.15, 0.2) is 23.0 Å². The molecule has 130 valence electrons. The molecular formula is C20H29N2O2+. The Morgan fingerprint density at radius 2 is 2.12 bits per heavy atom. The van der Waals surface area contributed by atoms with Gasteiger partial charge < -0.3 is 14.6 Å². The van der Waals surface area contributed by atoms with Crippen molar-refractivity contribution in [2.75, 3.05) is 13.2 Å². The number of aromatic nitrogens is 1. The monoisotopic (exact) mass is 329 g/mol. The summed E-state index contributed by atoms with van der Waals surface area (Å²) in [5.74, 6) is 0.766. The van der Waals surface area contributed by atoms with Gasteiger partial charge in [0, 0.05) is 16.6 Å². The van der Waals surface area contributed by atoms with Crippen LogP contribution >= 0.6 is 0 Å². The zero-order valence-corrected chi connectivity index (χ0v) is 15.1. The minimum Gasteiger partial charge on any atom is -0.494 e. The molecule has 0 radical (unpaired) electrons. The number of rotatable bonds is 5. The Morgan fingerprint density at radius 1 is 1.29 bits per heavy atom. The van der Waals surface area contributed by atoms with E-state index in [1.165, 1.54) is 32.2 Å². The maximum Gasteiger partial charge on any atom is 0.198 e. The van der Waals surface area contributed by atoms with Crippen molar-refractivity contribution in [2.24, 2.45) is 0 Å². The van der Waals surface area contributed by atoms with Crippen LogP contribution < -0.4 is 15.1 Å². The first-order chi connectivity index (χ1) is 11.6. The molecule has 4 heteroatoms. The molecule has 0 saturated carbocycles. The number of quaternary nitrogens is 1. The van der Waals surface area contributed by atoms with Crippen molar-refractivity contribution >= 4 is 10.9 Å². The number of benzene rings is 1. The fourth-order valence-corrected chi connectivity index (χ4v) is 4.00. The molecule has 1 aliphatic rings. The minimum absolute atomic E-state index is 0.163. The molecule has 1 aliphatic heterocycles. The van der Waals surface area contributed by atoms with Gasteiger partial charge >= 0.3 is 0 Å². The lowest BCUT2D eigenvalue weighted by Crippen LogP contribution is -3.15. The van der Waals surface area contributed by atoms with Crippen LogP contribution in [-0.2, 0) is 6.54 Å². The molecule has 0 aliphatic carbocycles. The van der Waals surface area contributed by atoms with E-state index in [4.69, 9.17) is 4.74 Å². The summed E-state index contributed by atoms with van der Waals surface area (Å²) in [5.41, 5.74) is 3.00. The van der Waals surface area contributed by atoms with Gasteiger partial charge in [0.2, 0.25) is 0 Å². The molecule has 1 unspecified atom stereocenters. The first-order valence-electron chi connectivity index (χ1n) is 9.27. The Hall–Kier alpha value is -1.81. The van der Waals surface area contributed by atoms with Crippen LogP contribution in [0, 0.1) is 6.92 Å². The van der Waals surface area contributed by atoms with Crippen molar-refractivity contribution in [1.82, 2.24) is 4.98 Å². The van der Waals surface area contributed by atoms with Gasteiger partial charge in [-0.3, -0.25) is 4.79 Å². The van der Waals surface area contributed by atoms with Crippen molar-refractivity contribution in [2.45, 2.75) is 59.0 Å². The Balaban J connectivity index is 1.99. The largest absolute Gasteiger partial charge is 0.494 e. The molecule has 2 heterocycles. The third-order valence-electron chi connectivity index (χ3n) is 5.37. The topological polar surface area (TPSA) is 46.5 Å². The average molecular weight is 329 g/mol. The number of ether oxygens (including phenoxy) is 1. The van der Waals surface area contributed by atoms with Gasteiger partial charge in [-0.25, -0.2) is 0 Å². The Kier molecular flexibility index (Phi) is 5.24. The molecule has 1 saturated heterocycles. The number of H-pyrrole nitrogens is 1. The smallest absolute Gasteiger partial charge is 0.198 e. The molecule has 2 aromatic rings. The van der Waals surface area contributed by atoms with E-state index in [9.17, 15) is 4.79 Å². The standard InChI is InChI=1S/C20H28N2O2/c1-4-15-8-6-7-11-22(15)13-18-14(3)21-19-10-9-16(24-5-2)12-17(19)20(18)23/h9-10,12,15H,4-8,11,13H2,1-3H3,(H,21,23)/p+1/t15-/m1/s1. The lowest BCUT2D eigenvalue weighted by atomic mass is 9.98. The molecule has 0 spiro atoms. The predicted octanol–water partition coefficient (Wildman–Crippen LogP) is 2.58. The summed E-state index contributed by atoms with van der Waals surface area (Å²) in [4.78, 5) is 18.1. The van der Waals surface area contributed by atoms with Crippen molar-refractivity contribution in [3.05, 3.63) is 39.7 Å². The highest BCUT2D eigenvalue weighted by molar-refractivity contribution is 5.81. The van der Waals surface area contributed by atoms with E-state index < -0.39 is 0 Å². The van der Waals surface area contributed by atoms with Crippen molar-refractivity contribution in [3.63, 3.8) is 0 Å². The molecule has 1 fully saturated rings. The normalized spacial score (nSPS) is 21.1. The molecule has 3 rings (SSSR count). The summed E-state index contributed by atoms with van der Waals surface area (Å²) in [7, 11) is 0. The van der Waals surface area contributed by atoms with Crippen molar-refractivity contribution in [3.8, 4) is 5.75 Å². The van der Waals surface area contributed by atoms with E-state index in [2.05, 4.69) is 11.9 Å². The number of hydrogen-bond donors (Lipinski definition) is 2.